The number of carboxylic acid groups (broad SMARTS) is 1. The molecule has 1 saturated heterocycles. The lowest BCUT2D eigenvalue weighted by Gasteiger charge is -2.54. The molecule has 0 amide bonds. The first kappa shape index (κ1) is 27.1. The Balaban J connectivity index is 1.60. The number of esters is 3. The number of cyclic esters (lactones) is 1. The van der Waals surface area contributed by atoms with Gasteiger partial charge in [-0.05, 0) is 70.8 Å². The highest BCUT2D eigenvalue weighted by Gasteiger charge is 2.74. The van der Waals surface area contributed by atoms with E-state index >= 15 is 0 Å². The van der Waals surface area contributed by atoms with Crippen LogP contribution < -0.4 is 0 Å². The summed E-state index contributed by atoms with van der Waals surface area (Å²) in [4.78, 5) is 50.3. The van der Waals surface area contributed by atoms with Gasteiger partial charge in [-0.2, -0.15) is 0 Å². The van der Waals surface area contributed by atoms with Gasteiger partial charge in [-0.15, -0.1) is 0 Å². The normalized spacial score (nSPS) is 34.2. The van der Waals surface area contributed by atoms with Crippen LogP contribution in [0.1, 0.15) is 85.0 Å². The van der Waals surface area contributed by atoms with Gasteiger partial charge in [0.2, 0.25) is 0 Å². The number of carbonyl (C=O) groups excluding carboxylic acids is 3. The first-order valence-electron chi connectivity index (χ1n) is 13.4. The number of aliphatic carboxylic acids is 1. The molecular weight excluding hydrogens is 476 g/mol. The zero-order valence-corrected chi connectivity index (χ0v) is 22.0. The van der Waals surface area contributed by atoms with Crippen molar-refractivity contribution in [1.29, 1.82) is 0 Å². The van der Waals surface area contributed by atoms with Crippen molar-refractivity contribution in [2.45, 2.75) is 96.2 Å². The standard InChI is InChI=1S/C29H38O8/c1-19(24(31)32)8-7-14-27(3)23-13-16-28(26(34)37-27)15-11-22(12-17-29(23,28)36-20(2)30)25(33)35-18-21-9-5-4-6-10-21/h7-8,11,14,21,23H,4-6,9-10,12-13,15-18H2,1-3H3,(H,31,32)/t23-,27?,28+,29-/m1/s1. The van der Waals surface area contributed by atoms with Crippen LogP contribution in [-0.2, 0) is 33.4 Å². The molecule has 4 rings (SSSR count). The predicted molar refractivity (Wildman–Crippen MR) is 134 cm³/mol. The molecule has 0 spiro atoms. The van der Waals surface area contributed by atoms with E-state index in [1.165, 1.54) is 39.2 Å². The summed E-state index contributed by atoms with van der Waals surface area (Å²) in [5, 5.41) is 9.15. The number of carboxylic acids is 1. The molecule has 2 bridgehead atoms. The molecule has 8 heteroatoms. The summed E-state index contributed by atoms with van der Waals surface area (Å²) in [5.41, 5.74) is -2.65. The quantitative estimate of drug-likeness (QED) is 0.222. The number of rotatable bonds is 7. The molecule has 1 aliphatic heterocycles. The zero-order chi connectivity index (χ0) is 26.8. The highest BCUT2D eigenvalue weighted by Crippen LogP contribution is 2.65. The minimum atomic E-state index is -1.14. The second-order valence-electron chi connectivity index (χ2n) is 11.3. The molecule has 1 N–H and O–H groups in total. The van der Waals surface area contributed by atoms with Gasteiger partial charge in [0.1, 0.15) is 16.6 Å². The highest BCUT2D eigenvalue weighted by atomic mass is 16.6. The molecule has 4 aliphatic rings. The van der Waals surface area contributed by atoms with Crippen LogP contribution in [0.25, 0.3) is 0 Å². The maximum absolute atomic E-state index is 13.7. The van der Waals surface area contributed by atoms with Crippen molar-refractivity contribution >= 4 is 23.9 Å². The van der Waals surface area contributed by atoms with E-state index in [9.17, 15) is 19.2 Å². The maximum Gasteiger partial charge on any atom is 0.333 e. The number of hydrogen-bond donors (Lipinski definition) is 1. The van der Waals surface area contributed by atoms with Crippen LogP contribution >= 0.6 is 0 Å². The van der Waals surface area contributed by atoms with Crippen LogP contribution in [-0.4, -0.2) is 46.8 Å². The SMILES string of the molecule is CC(=O)O[C@@]12CCC(C(=O)OCC3CCCCC3)=CC[C@@]13CC[C@@H]2C(C)(C=CC=C(C)C(=O)O)OC3=O. The molecule has 2 saturated carbocycles. The Morgan fingerprint density at radius 1 is 1.14 bits per heavy atom. The van der Waals surface area contributed by atoms with E-state index in [0.717, 1.165) is 12.8 Å². The van der Waals surface area contributed by atoms with Crippen molar-refractivity contribution in [3.05, 3.63) is 35.5 Å². The summed E-state index contributed by atoms with van der Waals surface area (Å²) in [6, 6.07) is 0. The van der Waals surface area contributed by atoms with Gasteiger partial charge in [0, 0.05) is 24.0 Å². The molecule has 1 heterocycles. The van der Waals surface area contributed by atoms with Crippen molar-refractivity contribution < 1.29 is 38.5 Å². The van der Waals surface area contributed by atoms with Gasteiger partial charge in [0.05, 0.1) is 6.61 Å². The number of carbonyl (C=O) groups is 4. The topological polar surface area (TPSA) is 116 Å². The van der Waals surface area contributed by atoms with Gasteiger partial charge in [-0.1, -0.05) is 37.5 Å². The third kappa shape index (κ3) is 4.99. The van der Waals surface area contributed by atoms with Crippen molar-refractivity contribution in [1.82, 2.24) is 0 Å². The van der Waals surface area contributed by atoms with Crippen molar-refractivity contribution in [3.63, 3.8) is 0 Å². The van der Waals surface area contributed by atoms with E-state index < -0.39 is 34.5 Å². The Morgan fingerprint density at radius 2 is 1.86 bits per heavy atom. The first-order valence-corrected chi connectivity index (χ1v) is 13.4. The predicted octanol–water partition coefficient (Wildman–Crippen LogP) is 4.82. The van der Waals surface area contributed by atoms with Crippen molar-refractivity contribution in [2.24, 2.45) is 17.3 Å². The van der Waals surface area contributed by atoms with Crippen LogP contribution in [0, 0.1) is 17.3 Å². The van der Waals surface area contributed by atoms with Gasteiger partial charge in [-0.25, -0.2) is 9.59 Å². The van der Waals surface area contributed by atoms with Gasteiger partial charge in [0.15, 0.2) is 0 Å². The highest BCUT2D eigenvalue weighted by molar-refractivity contribution is 5.90. The monoisotopic (exact) mass is 514 g/mol. The largest absolute Gasteiger partial charge is 0.478 e. The fourth-order valence-corrected chi connectivity index (χ4v) is 6.96. The van der Waals surface area contributed by atoms with Crippen LogP contribution in [0.5, 0.6) is 0 Å². The number of hydrogen-bond acceptors (Lipinski definition) is 7. The van der Waals surface area contributed by atoms with Crippen LogP contribution in [0.2, 0.25) is 0 Å². The summed E-state index contributed by atoms with van der Waals surface area (Å²) in [6.07, 6.45) is 14.2. The van der Waals surface area contributed by atoms with Crippen LogP contribution in [0.4, 0.5) is 0 Å². The molecule has 4 atom stereocenters. The second kappa shape index (κ2) is 10.5. The minimum absolute atomic E-state index is 0.146. The average Bonchev–Trinajstić information content (AvgIpc) is 2.99. The number of ether oxygens (including phenoxy) is 3. The summed E-state index contributed by atoms with van der Waals surface area (Å²) in [6.45, 7) is 5.00. The molecule has 1 unspecified atom stereocenters. The molecule has 3 aliphatic carbocycles. The molecule has 0 aromatic rings. The maximum atomic E-state index is 13.7. The van der Waals surface area contributed by atoms with Crippen molar-refractivity contribution in [2.75, 3.05) is 6.61 Å². The smallest absolute Gasteiger partial charge is 0.333 e. The Bertz CT molecular complexity index is 1050. The Hall–Kier alpha value is -2.90. The molecule has 8 nitrogen and oxygen atoms in total. The number of allylic oxidation sites excluding steroid dienone is 3. The first-order chi connectivity index (χ1) is 17.5. The molecule has 37 heavy (non-hydrogen) atoms. The van der Waals surface area contributed by atoms with Crippen molar-refractivity contribution in [3.8, 4) is 0 Å². The fourth-order valence-electron chi connectivity index (χ4n) is 6.96. The van der Waals surface area contributed by atoms with Crippen LogP contribution in [0.3, 0.4) is 0 Å². The van der Waals surface area contributed by atoms with E-state index in [1.54, 1.807) is 25.2 Å². The molecule has 0 radical (unpaired) electrons. The van der Waals surface area contributed by atoms with E-state index in [2.05, 4.69) is 0 Å². The Kier molecular flexibility index (Phi) is 7.67. The lowest BCUT2D eigenvalue weighted by molar-refractivity contribution is -0.235. The van der Waals surface area contributed by atoms with Gasteiger partial charge in [-0.3, -0.25) is 9.59 Å². The zero-order valence-electron chi connectivity index (χ0n) is 22.0. The molecular formula is C29H38O8. The lowest BCUT2D eigenvalue weighted by Crippen LogP contribution is -2.65. The minimum Gasteiger partial charge on any atom is -0.478 e. The van der Waals surface area contributed by atoms with E-state index in [0.29, 0.717) is 43.8 Å². The third-order valence-electron chi connectivity index (χ3n) is 8.96. The fraction of sp³-hybridized carbons (Fsp3) is 0.655. The lowest BCUT2D eigenvalue weighted by atomic mass is 9.62. The van der Waals surface area contributed by atoms with E-state index in [1.807, 2.05) is 0 Å². The average molecular weight is 515 g/mol. The molecule has 0 aromatic heterocycles. The Labute approximate surface area is 218 Å². The molecule has 3 fully saturated rings. The molecule has 0 aromatic carbocycles. The van der Waals surface area contributed by atoms with Crippen LogP contribution in [0.15, 0.2) is 35.5 Å². The summed E-state index contributed by atoms with van der Waals surface area (Å²) < 4.78 is 17.8. The third-order valence-corrected chi connectivity index (χ3v) is 8.96. The Morgan fingerprint density at radius 3 is 2.54 bits per heavy atom. The summed E-state index contributed by atoms with van der Waals surface area (Å²) >= 11 is 0. The van der Waals surface area contributed by atoms with Gasteiger partial charge in [0.25, 0.3) is 0 Å². The van der Waals surface area contributed by atoms with Gasteiger partial charge >= 0.3 is 23.9 Å². The second-order valence-corrected chi connectivity index (χ2v) is 11.3. The molecule has 202 valence electrons. The van der Waals surface area contributed by atoms with E-state index in [4.69, 9.17) is 19.3 Å². The van der Waals surface area contributed by atoms with E-state index in [-0.39, 0.29) is 23.9 Å². The van der Waals surface area contributed by atoms with Gasteiger partial charge < -0.3 is 19.3 Å². The summed E-state index contributed by atoms with van der Waals surface area (Å²) in [5.74, 6) is -2.29. The summed E-state index contributed by atoms with van der Waals surface area (Å²) in [7, 11) is 0.